The summed E-state index contributed by atoms with van der Waals surface area (Å²) >= 11 is 0. The van der Waals surface area contributed by atoms with E-state index < -0.39 is 0 Å². The molecule has 0 spiro atoms. The third-order valence-corrected chi connectivity index (χ3v) is 3.80. The summed E-state index contributed by atoms with van der Waals surface area (Å²) in [6, 6.07) is 8.52. The molecule has 0 amide bonds. The monoisotopic (exact) mass is 205 g/mol. The van der Waals surface area contributed by atoms with Gasteiger partial charge in [-0.05, 0) is 29.9 Å². The molecule has 0 radical (unpaired) electrons. The molecule has 2 unspecified atom stereocenters. The molecule has 0 saturated heterocycles. The Bertz CT molecular complexity index is 344. The second-order valence-electron chi connectivity index (χ2n) is 4.81. The number of rotatable bonds is 3. The van der Waals surface area contributed by atoms with Crippen LogP contribution in [-0.2, 0) is 6.42 Å². The second-order valence-corrected chi connectivity index (χ2v) is 4.81. The molecule has 2 atom stereocenters. The molecule has 0 aliphatic heterocycles. The average Bonchev–Trinajstić information content (AvgIpc) is 2.72. The Morgan fingerprint density at radius 2 is 2.20 bits per heavy atom. The third-order valence-electron chi connectivity index (χ3n) is 3.80. The predicted octanol–water partition coefficient (Wildman–Crippen LogP) is 1.67. The standard InChI is InChI=1S/C13H19NO/c1-13(8-14,9-15)12-7-6-10-4-2-3-5-11(10)12/h2-5,12,15H,6-9,14H2,1H3. The summed E-state index contributed by atoms with van der Waals surface area (Å²) in [6.45, 7) is 2.80. The highest BCUT2D eigenvalue weighted by molar-refractivity contribution is 5.36. The Balaban J connectivity index is 2.34. The van der Waals surface area contributed by atoms with E-state index in [0.717, 1.165) is 12.8 Å². The molecule has 0 saturated carbocycles. The summed E-state index contributed by atoms with van der Waals surface area (Å²) in [6.07, 6.45) is 2.24. The Morgan fingerprint density at radius 3 is 2.87 bits per heavy atom. The van der Waals surface area contributed by atoms with Crippen LogP contribution in [0.1, 0.15) is 30.4 Å². The van der Waals surface area contributed by atoms with Gasteiger partial charge >= 0.3 is 0 Å². The lowest BCUT2D eigenvalue weighted by Gasteiger charge is -2.33. The third kappa shape index (κ3) is 1.68. The summed E-state index contributed by atoms with van der Waals surface area (Å²) in [5.74, 6) is 0.420. The van der Waals surface area contributed by atoms with Crippen LogP contribution in [0.2, 0.25) is 0 Å². The number of aliphatic hydroxyl groups excluding tert-OH is 1. The van der Waals surface area contributed by atoms with Crippen molar-refractivity contribution < 1.29 is 5.11 Å². The maximum atomic E-state index is 9.49. The second kappa shape index (κ2) is 3.95. The molecule has 2 nitrogen and oxygen atoms in total. The SMILES string of the molecule is CC(CN)(CO)C1CCc2ccccc21. The average molecular weight is 205 g/mol. The highest BCUT2D eigenvalue weighted by Gasteiger charge is 2.37. The van der Waals surface area contributed by atoms with Gasteiger partial charge in [0.15, 0.2) is 0 Å². The van der Waals surface area contributed by atoms with Crippen LogP contribution in [-0.4, -0.2) is 18.3 Å². The normalized spacial score (nSPS) is 23.5. The van der Waals surface area contributed by atoms with E-state index in [1.807, 2.05) is 0 Å². The van der Waals surface area contributed by atoms with E-state index in [0.29, 0.717) is 12.5 Å². The minimum Gasteiger partial charge on any atom is -0.396 e. The van der Waals surface area contributed by atoms with Gasteiger partial charge in [-0.15, -0.1) is 0 Å². The zero-order valence-electron chi connectivity index (χ0n) is 9.24. The van der Waals surface area contributed by atoms with E-state index in [1.54, 1.807) is 0 Å². The molecule has 0 bridgehead atoms. The van der Waals surface area contributed by atoms with Crippen LogP contribution in [0.3, 0.4) is 0 Å². The zero-order chi connectivity index (χ0) is 10.9. The number of aryl methyl sites for hydroxylation is 1. The van der Waals surface area contributed by atoms with Crippen molar-refractivity contribution in [1.29, 1.82) is 0 Å². The van der Waals surface area contributed by atoms with Crippen LogP contribution < -0.4 is 5.73 Å². The van der Waals surface area contributed by atoms with Crippen LogP contribution in [0.15, 0.2) is 24.3 Å². The number of benzene rings is 1. The molecule has 1 aromatic carbocycles. The summed E-state index contributed by atoms with van der Waals surface area (Å²) in [5.41, 5.74) is 8.45. The maximum Gasteiger partial charge on any atom is 0.0502 e. The minimum atomic E-state index is -0.160. The van der Waals surface area contributed by atoms with Crippen molar-refractivity contribution in [3.8, 4) is 0 Å². The van der Waals surface area contributed by atoms with Crippen molar-refractivity contribution in [2.75, 3.05) is 13.2 Å². The van der Waals surface area contributed by atoms with Gasteiger partial charge in [0.25, 0.3) is 0 Å². The Labute approximate surface area is 91.1 Å². The van der Waals surface area contributed by atoms with Gasteiger partial charge in [0.2, 0.25) is 0 Å². The molecular weight excluding hydrogens is 186 g/mol. The van der Waals surface area contributed by atoms with Crippen molar-refractivity contribution >= 4 is 0 Å². The molecule has 2 heteroatoms. The number of aliphatic hydroxyl groups is 1. The molecule has 1 aliphatic carbocycles. The van der Waals surface area contributed by atoms with Gasteiger partial charge in [0, 0.05) is 12.0 Å². The molecule has 0 fully saturated rings. The van der Waals surface area contributed by atoms with E-state index in [9.17, 15) is 5.11 Å². The van der Waals surface area contributed by atoms with Crippen LogP contribution in [0.4, 0.5) is 0 Å². The molecule has 15 heavy (non-hydrogen) atoms. The van der Waals surface area contributed by atoms with E-state index in [2.05, 4.69) is 31.2 Å². The first kappa shape index (κ1) is 10.7. The van der Waals surface area contributed by atoms with E-state index in [1.165, 1.54) is 11.1 Å². The molecular formula is C13H19NO. The van der Waals surface area contributed by atoms with Gasteiger partial charge in [-0.2, -0.15) is 0 Å². The Morgan fingerprint density at radius 1 is 1.47 bits per heavy atom. The first-order valence-corrected chi connectivity index (χ1v) is 5.60. The number of hydrogen-bond acceptors (Lipinski definition) is 2. The number of nitrogens with two attached hydrogens (primary N) is 1. The molecule has 82 valence electrons. The van der Waals surface area contributed by atoms with Crippen LogP contribution in [0, 0.1) is 5.41 Å². The predicted molar refractivity (Wildman–Crippen MR) is 61.8 cm³/mol. The minimum absolute atomic E-state index is 0.160. The topological polar surface area (TPSA) is 46.2 Å². The highest BCUT2D eigenvalue weighted by atomic mass is 16.3. The fraction of sp³-hybridized carbons (Fsp3) is 0.538. The maximum absolute atomic E-state index is 9.49. The summed E-state index contributed by atoms with van der Waals surface area (Å²) in [5, 5.41) is 9.49. The van der Waals surface area contributed by atoms with E-state index in [-0.39, 0.29) is 12.0 Å². The van der Waals surface area contributed by atoms with Gasteiger partial charge in [-0.25, -0.2) is 0 Å². The van der Waals surface area contributed by atoms with Gasteiger partial charge in [-0.1, -0.05) is 31.2 Å². The lowest BCUT2D eigenvalue weighted by Crippen LogP contribution is -2.36. The molecule has 0 heterocycles. The van der Waals surface area contributed by atoms with Crippen LogP contribution in [0.25, 0.3) is 0 Å². The lowest BCUT2D eigenvalue weighted by atomic mass is 9.74. The van der Waals surface area contributed by atoms with Crippen molar-refractivity contribution in [1.82, 2.24) is 0 Å². The zero-order valence-corrected chi connectivity index (χ0v) is 9.24. The molecule has 2 rings (SSSR count). The summed E-state index contributed by atoms with van der Waals surface area (Å²) in [4.78, 5) is 0. The van der Waals surface area contributed by atoms with E-state index in [4.69, 9.17) is 5.73 Å². The molecule has 0 aromatic heterocycles. The van der Waals surface area contributed by atoms with E-state index >= 15 is 0 Å². The quantitative estimate of drug-likeness (QED) is 0.788. The highest BCUT2D eigenvalue weighted by Crippen LogP contribution is 2.44. The molecule has 3 N–H and O–H groups in total. The Kier molecular flexibility index (Phi) is 2.81. The van der Waals surface area contributed by atoms with Crippen molar-refractivity contribution in [3.63, 3.8) is 0 Å². The first-order valence-electron chi connectivity index (χ1n) is 5.60. The van der Waals surface area contributed by atoms with Gasteiger partial charge in [0.1, 0.15) is 0 Å². The van der Waals surface area contributed by atoms with Crippen molar-refractivity contribution in [2.45, 2.75) is 25.7 Å². The smallest absolute Gasteiger partial charge is 0.0502 e. The van der Waals surface area contributed by atoms with Gasteiger partial charge in [-0.3, -0.25) is 0 Å². The molecule has 1 aromatic rings. The van der Waals surface area contributed by atoms with Gasteiger partial charge in [0.05, 0.1) is 6.61 Å². The first-order chi connectivity index (χ1) is 7.21. The number of fused-ring (bicyclic) bond motifs is 1. The lowest BCUT2D eigenvalue weighted by molar-refractivity contribution is 0.120. The van der Waals surface area contributed by atoms with Crippen molar-refractivity contribution in [3.05, 3.63) is 35.4 Å². The molecule has 1 aliphatic rings. The van der Waals surface area contributed by atoms with Crippen LogP contribution >= 0.6 is 0 Å². The fourth-order valence-corrected chi connectivity index (χ4v) is 2.60. The summed E-state index contributed by atoms with van der Waals surface area (Å²) in [7, 11) is 0. The summed E-state index contributed by atoms with van der Waals surface area (Å²) < 4.78 is 0. The fourth-order valence-electron chi connectivity index (χ4n) is 2.60. The largest absolute Gasteiger partial charge is 0.396 e. The Hall–Kier alpha value is -0.860. The van der Waals surface area contributed by atoms with Crippen molar-refractivity contribution in [2.24, 2.45) is 11.1 Å². The number of hydrogen-bond donors (Lipinski definition) is 2. The van der Waals surface area contributed by atoms with Gasteiger partial charge < -0.3 is 10.8 Å². The van der Waals surface area contributed by atoms with Crippen LogP contribution in [0.5, 0.6) is 0 Å².